The number of sulfonamides is 1. The van der Waals surface area contributed by atoms with E-state index in [4.69, 9.17) is 21.1 Å². The fourth-order valence-corrected chi connectivity index (χ4v) is 6.76. The number of fused-ring (bicyclic) bond motifs is 1. The summed E-state index contributed by atoms with van der Waals surface area (Å²) in [6.07, 6.45) is 3.56. The summed E-state index contributed by atoms with van der Waals surface area (Å²) in [5.41, 5.74) is 5.63. The van der Waals surface area contributed by atoms with Crippen LogP contribution in [-0.2, 0) is 40.9 Å². The number of alkyl carbamates (subject to hydrolysis) is 1. The molecule has 1 aliphatic rings. The number of aromatic nitrogens is 1. The Balaban J connectivity index is 1.38. The van der Waals surface area contributed by atoms with Gasteiger partial charge in [0.1, 0.15) is 11.4 Å². The van der Waals surface area contributed by atoms with E-state index in [1.165, 1.54) is 5.56 Å². The first-order valence-corrected chi connectivity index (χ1v) is 18.9. The van der Waals surface area contributed by atoms with Crippen LogP contribution in [0.2, 0.25) is 5.02 Å². The molecule has 264 valence electrons. The van der Waals surface area contributed by atoms with Gasteiger partial charge in [-0.3, -0.25) is 9.80 Å². The van der Waals surface area contributed by atoms with E-state index < -0.39 is 21.7 Å². The summed E-state index contributed by atoms with van der Waals surface area (Å²) in [5, 5.41) is 4.75. The minimum absolute atomic E-state index is 0.135. The first-order chi connectivity index (χ1) is 23.3. The molecule has 0 bridgehead atoms. The number of benzene rings is 3. The van der Waals surface area contributed by atoms with Crippen LogP contribution in [-0.4, -0.2) is 80.6 Å². The number of ether oxygens (including phenoxy) is 2. The van der Waals surface area contributed by atoms with Crippen molar-refractivity contribution in [3.8, 4) is 16.9 Å². The van der Waals surface area contributed by atoms with Crippen LogP contribution in [0.3, 0.4) is 0 Å². The van der Waals surface area contributed by atoms with Gasteiger partial charge in [-0.1, -0.05) is 41.9 Å². The lowest BCUT2D eigenvalue weighted by Gasteiger charge is -2.35. The highest BCUT2D eigenvalue weighted by atomic mass is 35.5. The second-order valence-electron chi connectivity index (χ2n) is 13.6. The van der Waals surface area contributed by atoms with E-state index >= 15 is 0 Å². The molecule has 0 saturated carbocycles. The third kappa shape index (κ3) is 10.4. The number of aryl methyl sites for hydroxylation is 1. The number of methoxy groups -OCH3 is 1. The summed E-state index contributed by atoms with van der Waals surface area (Å²) in [4.78, 5) is 17.1. The first kappa shape index (κ1) is 36.7. The van der Waals surface area contributed by atoms with Gasteiger partial charge in [0, 0.05) is 86.6 Å². The zero-order valence-electron chi connectivity index (χ0n) is 29.1. The lowest BCUT2D eigenvalue weighted by atomic mass is 9.98. The fraction of sp³-hybridized carbons (Fsp3) is 0.432. The van der Waals surface area contributed by atoms with E-state index in [2.05, 4.69) is 54.9 Å². The third-order valence-corrected chi connectivity index (χ3v) is 9.58. The van der Waals surface area contributed by atoms with Crippen LogP contribution in [0.15, 0.2) is 66.9 Å². The van der Waals surface area contributed by atoms with Crippen LogP contribution in [0.4, 0.5) is 4.79 Å². The summed E-state index contributed by atoms with van der Waals surface area (Å²) < 4.78 is 39.8. The van der Waals surface area contributed by atoms with Crippen molar-refractivity contribution < 1.29 is 22.7 Å². The molecule has 1 amide bonds. The van der Waals surface area contributed by atoms with Gasteiger partial charge in [-0.05, 0) is 79.8 Å². The Hall–Kier alpha value is -3.61. The number of carbonyl (C=O) groups is 1. The molecule has 0 atom stereocenters. The number of halogens is 1. The predicted octanol–water partition coefficient (Wildman–Crippen LogP) is 6.25. The molecule has 12 heteroatoms. The van der Waals surface area contributed by atoms with Crippen LogP contribution in [0, 0.1) is 0 Å². The van der Waals surface area contributed by atoms with Gasteiger partial charge in [-0.15, -0.1) is 0 Å². The van der Waals surface area contributed by atoms with E-state index in [-0.39, 0.29) is 6.54 Å². The highest BCUT2D eigenvalue weighted by Crippen LogP contribution is 2.36. The Morgan fingerprint density at radius 3 is 2.31 bits per heavy atom. The number of nitrogens with zero attached hydrogens (tertiary/aromatic N) is 3. The monoisotopic (exact) mass is 709 g/mol. The van der Waals surface area contributed by atoms with Crippen molar-refractivity contribution in [2.24, 2.45) is 0 Å². The highest BCUT2D eigenvalue weighted by molar-refractivity contribution is 7.88. The van der Waals surface area contributed by atoms with Gasteiger partial charge in [-0.2, -0.15) is 0 Å². The average Bonchev–Trinajstić information content (AvgIpc) is 3.40. The summed E-state index contributed by atoms with van der Waals surface area (Å²) >= 11 is 6.42. The molecular formula is C37H48ClN5O5S. The predicted molar refractivity (Wildman–Crippen MR) is 196 cm³/mol. The molecule has 1 saturated heterocycles. The van der Waals surface area contributed by atoms with Gasteiger partial charge >= 0.3 is 6.09 Å². The number of nitrogens with one attached hydrogen (secondary N) is 2. The molecular weight excluding hydrogens is 662 g/mol. The molecule has 10 nitrogen and oxygen atoms in total. The topological polar surface area (TPSA) is 105 Å². The van der Waals surface area contributed by atoms with Gasteiger partial charge in [0.25, 0.3) is 0 Å². The molecule has 1 fully saturated rings. The molecule has 49 heavy (non-hydrogen) atoms. The zero-order valence-corrected chi connectivity index (χ0v) is 30.7. The number of hydrogen-bond donors (Lipinski definition) is 2. The second kappa shape index (κ2) is 15.9. The number of amides is 1. The Kier molecular flexibility index (Phi) is 11.9. The maximum Gasteiger partial charge on any atom is 0.407 e. The molecule has 0 spiro atoms. The van der Waals surface area contributed by atoms with Crippen LogP contribution >= 0.6 is 11.6 Å². The maximum absolute atomic E-state index is 12.2. The number of carbonyl (C=O) groups excluding carboxylic acids is 1. The molecule has 2 N–H and O–H groups in total. The molecule has 2 heterocycles. The summed E-state index contributed by atoms with van der Waals surface area (Å²) in [6.45, 7) is 12.3. The maximum atomic E-state index is 12.2. The summed E-state index contributed by atoms with van der Waals surface area (Å²) in [7, 11) is -1.82. The van der Waals surface area contributed by atoms with Gasteiger partial charge in [0.2, 0.25) is 10.0 Å². The van der Waals surface area contributed by atoms with Crippen molar-refractivity contribution in [2.75, 3.05) is 46.1 Å². The highest BCUT2D eigenvalue weighted by Gasteiger charge is 2.20. The second-order valence-corrected chi connectivity index (χ2v) is 15.9. The molecule has 0 aliphatic carbocycles. The fourth-order valence-electron chi connectivity index (χ4n) is 6.14. The van der Waals surface area contributed by atoms with E-state index in [1.807, 2.05) is 57.2 Å². The van der Waals surface area contributed by atoms with Gasteiger partial charge < -0.3 is 19.4 Å². The van der Waals surface area contributed by atoms with Crippen LogP contribution in [0.25, 0.3) is 22.0 Å². The molecule has 4 aromatic rings. The molecule has 1 aliphatic heterocycles. The Morgan fingerprint density at radius 2 is 1.63 bits per heavy atom. The SMILES string of the molecule is COc1ccc(-c2cn(CCCNC(=O)OC(C)(C)C)c3ccc(CN4CCN(Cc5ccccc5Cl)CC4)cc23)c(CNS(C)(=O)=O)c1. The van der Waals surface area contributed by atoms with Crippen molar-refractivity contribution in [3.05, 3.63) is 88.6 Å². The van der Waals surface area contributed by atoms with Crippen molar-refractivity contribution in [1.29, 1.82) is 0 Å². The van der Waals surface area contributed by atoms with Gasteiger partial charge in [-0.25, -0.2) is 17.9 Å². The Bertz CT molecular complexity index is 1860. The van der Waals surface area contributed by atoms with E-state index in [0.717, 1.165) is 83.7 Å². The molecule has 1 aromatic heterocycles. The number of rotatable bonds is 13. The standard InChI is InChI=1S/C37H48ClN5O5S/c1-37(2,3)48-36(44)39-15-8-16-43-26-33(31-13-12-30(47-4)22-29(31)23-40-49(5,45)46)32-21-27(11-14-35(32)43)24-41-17-19-42(20-18-41)25-28-9-6-7-10-34(28)38/h6-7,9-14,21-22,26,40H,8,15-20,23-25H2,1-5H3,(H,39,44). The first-order valence-electron chi connectivity index (χ1n) is 16.7. The minimum Gasteiger partial charge on any atom is -0.497 e. The molecule has 5 rings (SSSR count). The zero-order chi connectivity index (χ0) is 35.2. The molecule has 0 radical (unpaired) electrons. The quantitative estimate of drug-likeness (QED) is 0.158. The van der Waals surface area contributed by atoms with Crippen LogP contribution in [0.1, 0.15) is 43.9 Å². The lowest BCUT2D eigenvalue weighted by molar-refractivity contribution is 0.0526. The van der Waals surface area contributed by atoms with Crippen molar-refractivity contribution in [1.82, 2.24) is 24.4 Å². The Morgan fingerprint density at radius 1 is 0.918 bits per heavy atom. The van der Waals surface area contributed by atoms with E-state index in [1.54, 1.807) is 7.11 Å². The van der Waals surface area contributed by atoms with E-state index in [9.17, 15) is 13.2 Å². The lowest BCUT2D eigenvalue weighted by Crippen LogP contribution is -2.45. The van der Waals surface area contributed by atoms with Crippen molar-refractivity contribution >= 4 is 38.6 Å². The normalized spacial score (nSPS) is 14.7. The smallest absolute Gasteiger partial charge is 0.407 e. The van der Waals surface area contributed by atoms with Gasteiger partial charge in [0.15, 0.2) is 0 Å². The third-order valence-electron chi connectivity index (χ3n) is 8.54. The molecule has 3 aromatic carbocycles. The minimum atomic E-state index is -3.42. The largest absolute Gasteiger partial charge is 0.497 e. The van der Waals surface area contributed by atoms with Gasteiger partial charge in [0.05, 0.1) is 13.4 Å². The van der Waals surface area contributed by atoms with E-state index in [0.29, 0.717) is 25.3 Å². The summed E-state index contributed by atoms with van der Waals surface area (Å²) in [5.74, 6) is 0.653. The van der Waals surface area contributed by atoms with Crippen LogP contribution < -0.4 is 14.8 Å². The molecule has 0 unspecified atom stereocenters. The van der Waals surface area contributed by atoms with Crippen molar-refractivity contribution in [2.45, 2.75) is 59.0 Å². The van der Waals surface area contributed by atoms with Crippen molar-refractivity contribution in [3.63, 3.8) is 0 Å². The summed E-state index contributed by atoms with van der Waals surface area (Å²) in [6, 6.07) is 20.4. The number of piperazine rings is 1. The van der Waals surface area contributed by atoms with Crippen LogP contribution in [0.5, 0.6) is 5.75 Å². The number of hydrogen-bond acceptors (Lipinski definition) is 7. The Labute approximate surface area is 295 Å². The average molecular weight is 710 g/mol.